The first-order valence-electron chi connectivity index (χ1n) is 11.1. The van der Waals surface area contributed by atoms with Crippen molar-refractivity contribution in [2.45, 2.75) is 38.5 Å². The number of benzene rings is 1. The SMILES string of the molecule is CN(C)C(=O)[C@@]1(Cc2cccc(-c3cccs3)c2)CCN(C(=O)[C@@H]2CC23CCC3)C1. The van der Waals surface area contributed by atoms with Gasteiger partial charge in [-0.1, -0.05) is 36.8 Å². The lowest BCUT2D eigenvalue weighted by Gasteiger charge is -2.32. The average molecular weight is 423 g/mol. The van der Waals surface area contributed by atoms with Crippen LogP contribution in [-0.4, -0.2) is 48.8 Å². The quantitative estimate of drug-likeness (QED) is 0.714. The molecule has 0 radical (unpaired) electrons. The van der Waals surface area contributed by atoms with Crippen LogP contribution in [0.15, 0.2) is 41.8 Å². The third kappa shape index (κ3) is 3.27. The highest BCUT2D eigenvalue weighted by atomic mass is 32.1. The summed E-state index contributed by atoms with van der Waals surface area (Å²) < 4.78 is 0. The lowest BCUT2D eigenvalue weighted by Crippen LogP contribution is -2.45. The van der Waals surface area contributed by atoms with Gasteiger partial charge < -0.3 is 9.80 Å². The molecule has 1 aromatic heterocycles. The molecule has 30 heavy (non-hydrogen) atoms. The normalized spacial score (nSPS) is 26.5. The zero-order chi connectivity index (χ0) is 20.9. The van der Waals surface area contributed by atoms with Gasteiger partial charge >= 0.3 is 0 Å². The van der Waals surface area contributed by atoms with E-state index in [1.807, 2.05) is 19.0 Å². The highest BCUT2D eigenvalue weighted by molar-refractivity contribution is 7.13. The van der Waals surface area contributed by atoms with E-state index in [9.17, 15) is 9.59 Å². The highest BCUT2D eigenvalue weighted by Crippen LogP contribution is 2.66. The standard InChI is InChI=1S/C25H30N2O2S/c1-26(2)23(29)25(15-18-6-3-7-19(14-18)21-8-4-13-30-21)11-12-27(17-25)22(28)20-16-24(20)9-5-10-24/h3-4,6-8,13-14,20H,5,9-12,15-17H2,1-2H3/t20-,25+/m0/s1. The van der Waals surface area contributed by atoms with Crippen LogP contribution < -0.4 is 0 Å². The van der Waals surface area contributed by atoms with E-state index in [0.717, 1.165) is 12.8 Å². The van der Waals surface area contributed by atoms with Crippen LogP contribution in [0.1, 0.15) is 37.7 Å². The second kappa shape index (κ2) is 7.23. The molecule has 5 rings (SSSR count). The van der Waals surface area contributed by atoms with Gasteiger partial charge in [-0.2, -0.15) is 0 Å². The molecule has 0 bridgehead atoms. The van der Waals surface area contributed by atoms with Crippen LogP contribution >= 0.6 is 11.3 Å². The van der Waals surface area contributed by atoms with Crippen molar-refractivity contribution >= 4 is 23.2 Å². The molecule has 158 valence electrons. The zero-order valence-corrected chi connectivity index (χ0v) is 18.7. The van der Waals surface area contributed by atoms with E-state index in [0.29, 0.717) is 30.8 Å². The first kappa shape index (κ1) is 19.8. The predicted octanol–water partition coefficient (Wildman–Crippen LogP) is 4.45. The van der Waals surface area contributed by atoms with Gasteiger partial charge in [0.1, 0.15) is 0 Å². The maximum absolute atomic E-state index is 13.3. The van der Waals surface area contributed by atoms with Crippen molar-refractivity contribution in [2.75, 3.05) is 27.2 Å². The monoisotopic (exact) mass is 422 g/mol. The van der Waals surface area contributed by atoms with Crippen LogP contribution in [0.2, 0.25) is 0 Å². The Kier molecular flexibility index (Phi) is 4.77. The summed E-state index contributed by atoms with van der Waals surface area (Å²) in [5, 5.41) is 2.09. The Balaban J connectivity index is 1.37. The Morgan fingerprint density at radius 2 is 2.00 bits per heavy atom. The van der Waals surface area contributed by atoms with E-state index in [1.54, 1.807) is 16.2 Å². The number of nitrogens with zero attached hydrogens (tertiary/aromatic N) is 2. The predicted molar refractivity (Wildman–Crippen MR) is 120 cm³/mol. The summed E-state index contributed by atoms with van der Waals surface area (Å²) in [6.45, 7) is 1.26. The molecule has 2 heterocycles. The number of hydrogen-bond donors (Lipinski definition) is 0. The molecule has 2 aliphatic carbocycles. The van der Waals surface area contributed by atoms with Gasteiger partial charge in [0.05, 0.1) is 5.41 Å². The van der Waals surface area contributed by atoms with Gasteiger partial charge in [0.25, 0.3) is 0 Å². The van der Waals surface area contributed by atoms with Gasteiger partial charge in [-0.15, -0.1) is 11.3 Å². The van der Waals surface area contributed by atoms with Gasteiger partial charge in [-0.05, 0) is 60.1 Å². The van der Waals surface area contributed by atoms with Crippen molar-refractivity contribution in [2.24, 2.45) is 16.7 Å². The molecule has 5 heteroatoms. The molecular weight excluding hydrogens is 392 g/mol. The van der Waals surface area contributed by atoms with Crippen molar-refractivity contribution in [3.05, 3.63) is 47.3 Å². The van der Waals surface area contributed by atoms with Crippen LogP contribution in [0.3, 0.4) is 0 Å². The largest absolute Gasteiger partial charge is 0.348 e. The Morgan fingerprint density at radius 3 is 2.63 bits per heavy atom. The molecule has 1 aromatic carbocycles. The van der Waals surface area contributed by atoms with Crippen LogP contribution in [0, 0.1) is 16.7 Å². The molecule has 3 aliphatic rings. The molecule has 2 atom stereocenters. The summed E-state index contributed by atoms with van der Waals surface area (Å²) in [5.41, 5.74) is 2.19. The molecule has 2 aromatic rings. The second-order valence-electron chi connectivity index (χ2n) is 9.82. The molecule has 4 nitrogen and oxygen atoms in total. The summed E-state index contributed by atoms with van der Waals surface area (Å²) in [6.07, 6.45) is 6.21. The fourth-order valence-electron chi connectivity index (χ4n) is 5.70. The van der Waals surface area contributed by atoms with Gasteiger partial charge in [0.2, 0.25) is 11.8 Å². The minimum atomic E-state index is -0.519. The Labute approximate surface area is 182 Å². The molecule has 1 aliphatic heterocycles. The summed E-state index contributed by atoms with van der Waals surface area (Å²) in [4.78, 5) is 31.4. The van der Waals surface area contributed by atoms with Gasteiger partial charge in [-0.3, -0.25) is 9.59 Å². The Hall–Kier alpha value is -2.14. The maximum Gasteiger partial charge on any atom is 0.230 e. The van der Waals surface area contributed by atoms with Crippen LogP contribution in [0.5, 0.6) is 0 Å². The van der Waals surface area contributed by atoms with Crippen molar-refractivity contribution in [3.63, 3.8) is 0 Å². The second-order valence-corrected chi connectivity index (χ2v) is 10.8. The first-order valence-corrected chi connectivity index (χ1v) is 11.9. The molecule has 0 unspecified atom stereocenters. The smallest absolute Gasteiger partial charge is 0.230 e. The lowest BCUT2D eigenvalue weighted by atomic mass is 9.79. The highest BCUT2D eigenvalue weighted by Gasteiger charge is 2.62. The summed E-state index contributed by atoms with van der Waals surface area (Å²) in [6, 6.07) is 12.7. The number of thiophene rings is 1. The van der Waals surface area contributed by atoms with Gasteiger partial charge in [-0.25, -0.2) is 0 Å². The van der Waals surface area contributed by atoms with Crippen LogP contribution in [-0.2, 0) is 16.0 Å². The molecule has 0 N–H and O–H groups in total. The summed E-state index contributed by atoms with van der Waals surface area (Å²) in [7, 11) is 3.67. The number of carbonyl (C=O) groups is 2. The fraction of sp³-hybridized carbons (Fsp3) is 0.520. The number of likely N-dealkylation sites (tertiary alicyclic amines) is 1. The van der Waals surface area contributed by atoms with Gasteiger partial charge in [0.15, 0.2) is 0 Å². The zero-order valence-electron chi connectivity index (χ0n) is 17.9. The molecular formula is C25H30N2O2S. The number of amides is 2. The van der Waals surface area contributed by atoms with E-state index >= 15 is 0 Å². The van der Waals surface area contributed by atoms with Crippen molar-refractivity contribution < 1.29 is 9.59 Å². The molecule has 1 spiro atoms. The molecule has 3 fully saturated rings. The van der Waals surface area contributed by atoms with E-state index in [4.69, 9.17) is 0 Å². The third-order valence-corrected chi connectivity index (χ3v) is 8.56. The van der Waals surface area contributed by atoms with E-state index in [2.05, 4.69) is 41.8 Å². The van der Waals surface area contributed by atoms with Crippen molar-refractivity contribution in [1.29, 1.82) is 0 Å². The number of rotatable bonds is 5. The molecule has 1 saturated heterocycles. The maximum atomic E-state index is 13.3. The lowest BCUT2D eigenvalue weighted by molar-refractivity contribution is -0.140. The third-order valence-electron chi connectivity index (χ3n) is 7.64. The topological polar surface area (TPSA) is 40.6 Å². The number of hydrogen-bond acceptors (Lipinski definition) is 3. The Morgan fingerprint density at radius 1 is 1.17 bits per heavy atom. The van der Waals surface area contributed by atoms with Gasteiger partial charge in [0, 0.05) is 38.0 Å². The summed E-state index contributed by atoms with van der Waals surface area (Å²) in [5.74, 6) is 0.669. The van der Waals surface area contributed by atoms with Crippen LogP contribution in [0.25, 0.3) is 10.4 Å². The average Bonchev–Trinajstić information content (AvgIpc) is 3.04. The molecule has 2 saturated carbocycles. The summed E-state index contributed by atoms with van der Waals surface area (Å²) >= 11 is 1.73. The molecule has 2 amide bonds. The van der Waals surface area contributed by atoms with E-state index < -0.39 is 5.41 Å². The van der Waals surface area contributed by atoms with E-state index in [-0.39, 0.29) is 11.8 Å². The van der Waals surface area contributed by atoms with Crippen LogP contribution in [0.4, 0.5) is 0 Å². The minimum absolute atomic E-state index is 0.147. The Bertz CT molecular complexity index is 963. The van der Waals surface area contributed by atoms with Crippen molar-refractivity contribution in [1.82, 2.24) is 9.80 Å². The first-order chi connectivity index (χ1) is 14.4. The van der Waals surface area contributed by atoms with Crippen molar-refractivity contribution in [3.8, 4) is 10.4 Å². The van der Waals surface area contributed by atoms with E-state index in [1.165, 1.54) is 35.3 Å². The fourth-order valence-corrected chi connectivity index (χ4v) is 6.42. The minimum Gasteiger partial charge on any atom is -0.348 e. The number of carbonyl (C=O) groups excluding carboxylic acids is 2.